The molecule has 0 saturated heterocycles. The first kappa shape index (κ1) is 15.9. The van der Waals surface area contributed by atoms with Gasteiger partial charge in [-0.25, -0.2) is 0 Å². The van der Waals surface area contributed by atoms with Crippen LogP contribution >= 0.6 is 0 Å². The molecular weight excluding hydrogens is 216 g/mol. The van der Waals surface area contributed by atoms with Crippen LogP contribution < -0.4 is 10.6 Å². The minimum atomic E-state index is -0.380. The second-order valence-electron chi connectivity index (χ2n) is 6.59. The van der Waals surface area contributed by atoms with Crippen molar-refractivity contribution in [2.24, 2.45) is 10.8 Å². The zero-order chi connectivity index (χ0) is 13.7. The minimum absolute atomic E-state index is 0.00125. The topological polar surface area (TPSA) is 58.2 Å². The second kappa shape index (κ2) is 6.03. The Morgan fingerprint density at radius 2 is 1.35 bits per heavy atom. The van der Waals surface area contributed by atoms with Gasteiger partial charge in [-0.15, -0.1) is 0 Å². The fraction of sp³-hybridized carbons (Fsp3) is 0.846. The van der Waals surface area contributed by atoms with Crippen LogP contribution in [0.4, 0.5) is 0 Å². The lowest BCUT2D eigenvalue weighted by Crippen LogP contribution is -2.40. The molecule has 0 aromatic rings. The highest BCUT2D eigenvalue weighted by Crippen LogP contribution is 2.17. The van der Waals surface area contributed by atoms with Crippen LogP contribution in [-0.4, -0.2) is 24.9 Å². The first-order valence-corrected chi connectivity index (χ1v) is 6.07. The smallest absolute Gasteiger partial charge is 0.225 e. The van der Waals surface area contributed by atoms with Crippen LogP contribution in [0.2, 0.25) is 0 Å². The summed E-state index contributed by atoms with van der Waals surface area (Å²) in [5.41, 5.74) is -0.381. The van der Waals surface area contributed by atoms with Crippen molar-refractivity contribution in [2.75, 3.05) is 13.1 Å². The Hall–Kier alpha value is -1.06. The first-order valence-electron chi connectivity index (χ1n) is 6.07. The maximum Gasteiger partial charge on any atom is 0.225 e. The summed E-state index contributed by atoms with van der Waals surface area (Å²) in [6.07, 6.45) is 0.500. The quantitative estimate of drug-likeness (QED) is 0.737. The average molecular weight is 242 g/mol. The molecule has 0 saturated carbocycles. The van der Waals surface area contributed by atoms with Crippen molar-refractivity contribution < 1.29 is 9.59 Å². The molecule has 0 bridgehead atoms. The van der Waals surface area contributed by atoms with E-state index in [4.69, 9.17) is 0 Å². The number of nitrogens with one attached hydrogen (secondary N) is 2. The number of hydrogen-bond acceptors (Lipinski definition) is 2. The molecule has 0 aliphatic carbocycles. The Kier molecular flexibility index (Phi) is 5.66. The molecule has 0 radical (unpaired) electrons. The molecule has 0 fully saturated rings. The van der Waals surface area contributed by atoms with Crippen LogP contribution in [0.5, 0.6) is 0 Å². The highest BCUT2D eigenvalue weighted by atomic mass is 16.2. The summed E-state index contributed by atoms with van der Waals surface area (Å²) in [5.74, 6) is 0.0325. The maximum atomic E-state index is 11.5. The van der Waals surface area contributed by atoms with Crippen molar-refractivity contribution in [1.82, 2.24) is 10.6 Å². The van der Waals surface area contributed by atoms with Crippen molar-refractivity contribution in [3.63, 3.8) is 0 Å². The van der Waals surface area contributed by atoms with Gasteiger partial charge in [0.05, 0.1) is 0 Å². The van der Waals surface area contributed by atoms with Gasteiger partial charge in [0.15, 0.2) is 0 Å². The SMILES string of the molecule is CC(C)(C)CC(=O)NCCNC(=O)C(C)(C)C. The van der Waals surface area contributed by atoms with Gasteiger partial charge in [-0.3, -0.25) is 9.59 Å². The molecule has 0 aliphatic heterocycles. The summed E-state index contributed by atoms with van der Waals surface area (Å²) in [6.45, 7) is 12.6. The zero-order valence-electron chi connectivity index (χ0n) is 11.9. The molecule has 0 atom stereocenters. The van der Waals surface area contributed by atoms with E-state index in [1.165, 1.54) is 0 Å². The van der Waals surface area contributed by atoms with Crippen LogP contribution in [0.3, 0.4) is 0 Å². The standard InChI is InChI=1S/C13H26N2O2/c1-12(2,3)9-10(16)14-7-8-15-11(17)13(4,5)6/h7-9H2,1-6H3,(H,14,16)(H,15,17). The Morgan fingerprint density at radius 3 is 1.76 bits per heavy atom. The summed E-state index contributed by atoms with van der Waals surface area (Å²) in [6, 6.07) is 0. The second-order valence-corrected chi connectivity index (χ2v) is 6.59. The monoisotopic (exact) mass is 242 g/mol. The number of carbonyl (C=O) groups excluding carboxylic acids is 2. The van der Waals surface area contributed by atoms with E-state index >= 15 is 0 Å². The van der Waals surface area contributed by atoms with Gasteiger partial charge in [0.25, 0.3) is 0 Å². The highest BCUT2D eigenvalue weighted by molar-refractivity contribution is 5.81. The van der Waals surface area contributed by atoms with E-state index in [0.717, 1.165) is 0 Å². The van der Waals surface area contributed by atoms with Crippen molar-refractivity contribution in [3.8, 4) is 0 Å². The highest BCUT2D eigenvalue weighted by Gasteiger charge is 2.20. The number of carbonyl (C=O) groups is 2. The van der Waals surface area contributed by atoms with E-state index in [2.05, 4.69) is 10.6 Å². The first-order chi connectivity index (χ1) is 7.52. The Bertz CT molecular complexity index is 272. The van der Waals surface area contributed by atoms with Crippen molar-refractivity contribution in [1.29, 1.82) is 0 Å². The van der Waals surface area contributed by atoms with Crippen LogP contribution in [0.1, 0.15) is 48.0 Å². The van der Waals surface area contributed by atoms with Gasteiger partial charge in [0.2, 0.25) is 11.8 Å². The van der Waals surface area contributed by atoms with Crippen LogP contribution in [0.25, 0.3) is 0 Å². The third-order valence-electron chi connectivity index (χ3n) is 2.10. The molecule has 0 aliphatic rings. The summed E-state index contributed by atoms with van der Waals surface area (Å²) >= 11 is 0. The minimum Gasteiger partial charge on any atom is -0.354 e. The molecule has 4 nitrogen and oxygen atoms in total. The lowest BCUT2D eigenvalue weighted by Gasteiger charge is -2.19. The van der Waals surface area contributed by atoms with Crippen LogP contribution in [0, 0.1) is 10.8 Å². The van der Waals surface area contributed by atoms with Gasteiger partial charge < -0.3 is 10.6 Å². The van der Waals surface area contributed by atoms with Gasteiger partial charge in [-0.1, -0.05) is 41.5 Å². The van der Waals surface area contributed by atoms with Crippen molar-refractivity contribution in [3.05, 3.63) is 0 Å². The normalized spacial score (nSPS) is 12.1. The van der Waals surface area contributed by atoms with Gasteiger partial charge in [-0.2, -0.15) is 0 Å². The molecule has 0 heterocycles. The molecule has 4 heteroatoms. The molecule has 0 spiro atoms. The predicted molar refractivity (Wildman–Crippen MR) is 69.5 cm³/mol. The zero-order valence-corrected chi connectivity index (χ0v) is 11.9. The lowest BCUT2D eigenvalue weighted by molar-refractivity contribution is -0.129. The average Bonchev–Trinajstić information content (AvgIpc) is 2.07. The molecule has 100 valence electrons. The molecule has 0 aromatic carbocycles. The largest absolute Gasteiger partial charge is 0.354 e. The molecule has 0 aromatic heterocycles. The molecule has 17 heavy (non-hydrogen) atoms. The van der Waals surface area contributed by atoms with E-state index in [1.54, 1.807) is 0 Å². The molecule has 0 rings (SSSR count). The Balaban J connectivity index is 3.73. The fourth-order valence-corrected chi connectivity index (χ4v) is 1.19. The van der Waals surface area contributed by atoms with Gasteiger partial charge in [0.1, 0.15) is 0 Å². The fourth-order valence-electron chi connectivity index (χ4n) is 1.19. The summed E-state index contributed by atoms with van der Waals surface area (Å²) in [4.78, 5) is 23.0. The third-order valence-corrected chi connectivity index (χ3v) is 2.10. The number of amides is 2. The van der Waals surface area contributed by atoms with E-state index < -0.39 is 0 Å². The van der Waals surface area contributed by atoms with Gasteiger partial charge >= 0.3 is 0 Å². The van der Waals surface area contributed by atoms with E-state index in [1.807, 2.05) is 41.5 Å². The molecule has 2 amide bonds. The maximum absolute atomic E-state index is 11.5. The van der Waals surface area contributed by atoms with Crippen molar-refractivity contribution in [2.45, 2.75) is 48.0 Å². The van der Waals surface area contributed by atoms with Crippen molar-refractivity contribution >= 4 is 11.8 Å². The van der Waals surface area contributed by atoms with Gasteiger partial charge in [-0.05, 0) is 5.41 Å². The molecule has 0 unspecified atom stereocenters. The summed E-state index contributed by atoms with van der Waals surface area (Å²) in [5, 5.41) is 5.58. The predicted octanol–water partition coefficient (Wildman–Crippen LogP) is 1.70. The third kappa shape index (κ3) is 8.72. The summed E-state index contributed by atoms with van der Waals surface area (Å²) < 4.78 is 0. The van der Waals surface area contributed by atoms with E-state index in [0.29, 0.717) is 19.5 Å². The van der Waals surface area contributed by atoms with E-state index in [9.17, 15) is 9.59 Å². The Labute approximate surface area is 105 Å². The van der Waals surface area contributed by atoms with Crippen LogP contribution in [0.15, 0.2) is 0 Å². The molecular formula is C13H26N2O2. The number of rotatable bonds is 4. The van der Waals surface area contributed by atoms with Gasteiger partial charge in [0, 0.05) is 24.9 Å². The van der Waals surface area contributed by atoms with Crippen LogP contribution in [-0.2, 0) is 9.59 Å². The lowest BCUT2D eigenvalue weighted by atomic mass is 9.92. The Morgan fingerprint density at radius 1 is 0.882 bits per heavy atom. The molecule has 2 N–H and O–H groups in total. The van der Waals surface area contributed by atoms with E-state index in [-0.39, 0.29) is 22.6 Å². The number of hydrogen-bond donors (Lipinski definition) is 2. The summed E-state index contributed by atoms with van der Waals surface area (Å²) in [7, 11) is 0.